The molecule has 0 spiro atoms. The van der Waals surface area contributed by atoms with E-state index in [-0.39, 0.29) is 5.37 Å². The minimum absolute atomic E-state index is 0.147. The third kappa shape index (κ3) is 3.40. The second-order valence-electron chi connectivity index (χ2n) is 4.31. The minimum atomic E-state index is -0.903. The van der Waals surface area contributed by atoms with Crippen LogP contribution in [0.2, 0.25) is 0 Å². The zero-order valence-electron chi connectivity index (χ0n) is 10.7. The molecule has 0 aliphatic carbocycles. The fourth-order valence-corrected chi connectivity index (χ4v) is 2.52. The fourth-order valence-electron chi connectivity index (χ4n) is 1.69. The van der Waals surface area contributed by atoms with Gasteiger partial charge in [-0.1, -0.05) is 38.1 Å². The van der Waals surface area contributed by atoms with Crippen molar-refractivity contribution in [2.24, 2.45) is 0 Å². The summed E-state index contributed by atoms with van der Waals surface area (Å²) in [6.07, 6.45) is 1.02. The molecule has 0 aromatic heterocycles. The van der Waals surface area contributed by atoms with Gasteiger partial charge in [-0.15, -0.1) is 11.8 Å². The molecule has 0 aliphatic rings. The second-order valence-corrected chi connectivity index (χ2v) is 5.22. The van der Waals surface area contributed by atoms with E-state index < -0.39 is 6.09 Å². The van der Waals surface area contributed by atoms with Crippen molar-refractivity contribution in [2.45, 2.75) is 25.1 Å². The first-order valence-electron chi connectivity index (χ1n) is 5.55. The first-order valence-corrected chi connectivity index (χ1v) is 6.84. The maximum Gasteiger partial charge on any atom is 0.408 e. The maximum atomic E-state index is 11.0. The molecule has 0 heterocycles. The van der Waals surface area contributed by atoms with Crippen LogP contribution in [0.3, 0.4) is 0 Å². The molecule has 0 fully saturated rings. The van der Waals surface area contributed by atoms with Crippen molar-refractivity contribution >= 4 is 17.9 Å². The highest BCUT2D eigenvalue weighted by Crippen LogP contribution is 2.31. The summed E-state index contributed by atoms with van der Waals surface area (Å²) in [5.41, 5.74) is 2.27. The fraction of sp³-hybridized carbons (Fsp3) is 0.462. The Kier molecular flexibility index (Phi) is 4.87. The van der Waals surface area contributed by atoms with Crippen molar-refractivity contribution in [3.63, 3.8) is 0 Å². The topological polar surface area (TPSA) is 40.5 Å². The molecular weight excluding hydrogens is 234 g/mol. The van der Waals surface area contributed by atoms with Gasteiger partial charge in [-0.05, 0) is 23.3 Å². The van der Waals surface area contributed by atoms with E-state index in [0.29, 0.717) is 5.92 Å². The van der Waals surface area contributed by atoms with E-state index in [9.17, 15) is 4.79 Å². The highest BCUT2D eigenvalue weighted by atomic mass is 32.2. The standard InChI is InChI=1S/C13H19NO2S/c1-9(2)10-6-5-7-11(8-10)12(17-4)14(3)13(15)16/h5-9,12H,1-4H3,(H,15,16). The highest BCUT2D eigenvalue weighted by molar-refractivity contribution is 7.98. The molecule has 1 unspecified atom stereocenters. The van der Waals surface area contributed by atoms with Crippen molar-refractivity contribution < 1.29 is 9.90 Å². The average molecular weight is 253 g/mol. The Morgan fingerprint density at radius 1 is 1.35 bits per heavy atom. The van der Waals surface area contributed by atoms with E-state index in [1.807, 2.05) is 18.4 Å². The summed E-state index contributed by atoms with van der Waals surface area (Å²) >= 11 is 1.52. The molecule has 0 bridgehead atoms. The average Bonchev–Trinajstić information content (AvgIpc) is 2.30. The summed E-state index contributed by atoms with van der Waals surface area (Å²) in [6, 6.07) is 8.13. The number of benzene rings is 1. The van der Waals surface area contributed by atoms with Gasteiger partial charge in [0.1, 0.15) is 5.37 Å². The largest absolute Gasteiger partial charge is 0.465 e. The molecule has 0 saturated carbocycles. The molecule has 1 aromatic rings. The molecule has 1 atom stereocenters. The van der Waals surface area contributed by atoms with Crippen LogP contribution in [0.4, 0.5) is 4.79 Å². The van der Waals surface area contributed by atoms with Crippen molar-refractivity contribution in [3.05, 3.63) is 35.4 Å². The summed E-state index contributed by atoms with van der Waals surface area (Å²) < 4.78 is 0. The van der Waals surface area contributed by atoms with Crippen LogP contribution in [0.5, 0.6) is 0 Å². The van der Waals surface area contributed by atoms with Gasteiger partial charge < -0.3 is 5.11 Å². The normalized spacial score (nSPS) is 12.5. The smallest absolute Gasteiger partial charge is 0.408 e. The lowest BCUT2D eigenvalue weighted by Gasteiger charge is -2.25. The molecule has 3 nitrogen and oxygen atoms in total. The zero-order chi connectivity index (χ0) is 13.0. The summed E-state index contributed by atoms with van der Waals surface area (Å²) in [5, 5.41) is 8.89. The van der Waals surface area contributed by atoms with Gasteiger partial charge in [-0.2, -0.15) is 0 Å². The van der Waals surface area contributed by atoms with Crippen molar-refractivity contribution in [1.82, 2.24) is 4.90 Å². The van der Waals surface area contributed by atoms with Crippen LogP contribution in [-0.2, 0) is 0 Å². The predicted octanol–water partition coefficient (Wildman–Crippen LogP) is 3.78. The Morgan fingerprint density at radius 2 is 1.94 bits per heavy atom. The van der Waals surface area contributed by atoms with Crippen LogP contribution >= 0.6 is 11.8 Å². The lowest BCUT2D eigenvalue weighted by Crippen LogP contribution is -2.27. The Labute approximate surface area is 107 Å². The van der Waals surface area contributed by atoms with E-state index in [1.165, 1.54) is 22.2 Å². The van der Waals surface area contributed by atoms with Crippen LogP contribution in [0.15, 0.2) is 24.3 Å². The van der Waals surface area contributed by atoms with E-state index >= 15 is 0 Å². The van der Waals surface area contributed by atoms with Gasteiger partial charge in [-0.25, -0.2) is 4.79 Å². The molecule has 0 saturated heterocycles. The number of amides is 1. The molecular formula is C13H19NO2S. The van der Waals surface area contributed by atoms with Gasteiger partial charge in [0.15, 0.2) is 0 Å². The Balaban J connectivity index is 3.03. The number of hydrogen-bond donors (Lipinski definition) is 1. The molecule has 1 aromatic carbocycles. The number of carbonyl (C=O) groups is 1. The zero-order valence-corrected chi connectivity index (χ0v) is 11.5. The molecule has 17 heavy (non-hydrogen) atoms. The second kappa shape index (κ2) is 5.96. The first-order chi connectivity index (χ1) is 7.97. The van der Waals surface area contributed by atoms with Crippen LogP contribution < -0.4 is 0 Å². The molecule has 0 radical (unpaired) electrons. The van der Waals surface area contributed by atoms with E-state index in [0.717, 1.165) is 5.56 Å². The molecule has 0 aliphatic heterocycles. The van der Waals surface area contributed by atoms with Gasteiger partial charge in [0, 0.05) is 7.05 Å². The van der Waals surface area contributed by atoms with Gasteiger partial charge in [0.05, 0.1) is 0 Å². The number of carboxylic acid groups (broad SMARTS) is 1. The summed E-state index contributed by atoms with van der Waals surface area (Å²) in [7, 11) is 1.60. The SMILES string of the molecule is CSC(c1cccc(C(C)C)c1)N(C)C(=O)O. The van der Waals surface area contributed by atoms with Crippen molar-refractivity contribution in [1.29, 1.82) is 0 Å². The Bertz CT molecular complexity index is 393. The van der Waals surface area contributed by atoms with Gasteiger partial charge in [-0.3, -0.25) is 4.90 Å². The monoisotopic (exact) mass is 253 g/mol. The first kappa shape index (κ1) is 13.9. The lowest BCUT2D eigenvalue weighted by atomic mass is 10.0. The maximum absolute atomic E-state index is 11.0. The van der Waals surface area contributed by atoms with Gasteiger partial charge >= 0.3 is 6.09 Å². The van der Waals surface area contributed by atoms with Crippen molar-refractivity contribution in [2.75, 3.05) is 13.3 Å². The molecule has 94 valence electrons. The number of hydrogen-bond acceptors (Lipinski definition) is 2. The van der Waals surface area contributed by atoms with Crippen LogP contribution in [0.1, 0.15) is 36.3 Å². The number of nitrogens with zero attached hydrogens (tertiary/aromatic N) is 1. The third-order valence-corrected chi connectivity index (χ3v) is 3.77. The number of thioether (sulfide) groups is 1. The van der Waals surface area contributed by atoms with Crippen molar-refractivity contribution in [3.8, 4) is 0 Å². The van der Waals surface area contributed by atoms with Crippen LogP contribution in [0, 0.1) is 0 Å². The number of rotatable bonds is 4. The third-order valence-electron chi connectivity index (χ3n) is 2.74. The summed E-state index contributed by atoms with van der Waals surface area (Å²) in [6.45, 7) is 4.27. The molecule has 1 amide bonds. The highest BCUT2D eigenvalue weighted by Gasteiger charge is 2.20. The predicted molar refractivity (Wildman–Crippen MR) is 72.6 cm³/mol. The minimum Gasteiger partial charge on any atom is -0.465 e. The Morgan fingerprint density at radius 3 is 2.41 bits per heavy atom. The lowest BCUT2D eigenvalue weighted by molar-refractivity contribution is 0.152. The molecule has 1 N–H and O–H groups in total. The Hall–Kier alpha value is -1.16. The quantitative estimate of drug-likeness (QED) is 0.830. The molecule has 1 rings (SSSR count). The van der Waals surface area contributed by atoms with E-state index in [2.05, 4.69) is 26.0 Å². The van der Waals surface area contributed by atoms with E-state index in [4.69, 9.17) is 5.11 Å². The van der Waals surface area contributed by atoms with Gasteiger partial charge in [0.25, 0.3) is 0 Å². The summed E-state index contributed by atoms with van der Waals surface area (Å²) in [4.78, 5) is 12.3. The summed E-state index contributed by atoms with van der Waals surface area (Å²) in [5.74, 6) is 0.451. The van der Waals surface area contributed by atoms with Crippen LogP contribution in [0.25, 0.3) is 0 Å². The van der Waals surface area contributed by atoms with Crippen LogP contribution in [-0.4, -0.2) is 29.4 Å². The van der Waals surface area contributed by atoms with E-state index in [1.54, 1.807) is 7.05 Å². The van der Waals surface area contributed by atoms with Gasteiger partial charge in [0.2, 0.25) is 0 Å². The molecule has 4 heteroatoms.